The Bertz CT molecular complexity index is 972. The minimum Gasteiger partial charge on any atom is -0.446 e. The molecule has 1 aromatic carbocycles. The number of benzene rings is 1. The van der Waals surface area contributed by atoms with Gasteiger partial charge in [0.1, 0.15) is 18.1 Å². The molecule has 2 aliphatic rings. The summed E-state index contributed by atoms with van der Waals surface area (Å²) in [7, 11) is 0. The van der Waals surface area contributed by atoms with E-state index >= 15 is 0 Å². The monoisotopic (exact) mass is 446 g/mol. The Morgan fingerprint density at radius 2 is 1.76 bits per heavy atom. The third-order valence-electron chi connectivity index (χ3n) is 5.17. The van der Waals surface area contributed by atoms with Crippen LogP contribution in [0, 0.1) is 5.82 Å². The Hall–Kier alpha value is -2.10. The van der Waals surface area contributed by atoms with Crippen molar-refractivity contribution in [2.24, 2.45) is 0 Å². The Morgan fingerprint density at radius 1 is 1.10 bits per heavy atom. The number of piperazine rings is 1. The second-order valence-corrected chi connectivity index (χ2v) is 7.94. The van der Waals surface area contributed by atoms with Crippen LogP contribution in [-0.4, -0.2) is 78.3 Å². The Kier molecular flexibility index (Phi) is 5.30. The lowest BCUT2D eigenvalue weighted by molar-refractivity contribution is -0.00399. The molecule has 2 saturated heterocycles. The van der Waals surface area contributed by atoms with E-state index in [9.17, 15) is 18.4 Å². The number of halogens is 4. The van der Waals surface area contributed by atoms with E-state index in [4.69, 9.17) is 27.9 Å². The normalized spacial score (nSPS) is 18.6. The van der Waals surface area contributed by atoms with Crippen molar-refractivity contribution in [1.29, 1.82) is 0 Å². The number of fused-ring (bicyclic) bond motifs is 1. The van der Waals surface area contributed by atoms with Crippen LogP contribution >= 0.6 is 23.2 Å². The zero-order chi connectivity index (χ0) is 20.8. The third-order valence-corrected chi connectivity index (χ3v) is 5.92. The fourth-order valence-electron chi connectivity index (χ4n) is 3.36. The lowest BCUT2D eigenvalue weighted by atomic mass is 10.0. The van der Waals surface area contributed by atoms with Crippen LogP contribution in [0.2, 0.25) is 10.0 Å². The summed E-state index contributed by atoms with van der Waals surface area (Å²) in [5.74, 6) is -1.00. The average molecular weight is 447 g/mol. The van der Waals surface area contributed by atoms with Gasteiger partial charge in [0.2, 0.25) is 0 Å². The Morgan fingerprint density at radius 3 is 2.38 bits per heavy atom. The number of hydrogen-bond donors (Lipinski definition) is 2. The van der Waals surface area contributed by atoms with E-state index < -0.39 is 17.6 Å². The van der Waals surface area contributed by atoms with Crippen molar-refractivity contribution < 1.29 is 23.1 Å². The lowest BCUT2D eigenvalue weighted by Crippen LogP contribution is -2.59. The van der Waals surface area contributed by atoms with E-state index in [1.165, 1.54) is 21.9 Å². The van der Waals surface area contributed by atoms with E-state index in [1.54, 1.807) is 0 Å². The number of hydrogen-bond acceptors (Lipinski definition) is 4. The highest BCUT2D eigenvalue weighted by atomic mass is 35.5. The maximum absolute atomic E-state index is 13.9. The predicted molar refractivity (Wildman–Crippen MR) is 104 cm³/mol. The van der Waals surface area contributed by atoms with Crippen LogP contribution in [0.25, 0.3) is 10.9 Å². The molecular formula is C18H18Cl2F2N4O3. The highest BCUT2D eigenvalue weighted by Crippen LogP contribution is 2.35. The first-order valence-corrected chi connectivity index (χ1v) is 9.80. The number of carbonyl (C=O) groups excluding carboxylic acids is 2. The quantitative estimate of drug-likeness (QED) is 0.759. The SMILES string of the molecule is O=C(OCC1(F)CNC1)N1CCN(C(=O)c2[nH]c3ccc(F)c(Cl)c3c2Cl)CC1. The van der Waals surface area contributed by atoms with Crippen molar-refractivity contribution in [1.82, 2.24) is 20.1 Å². The first kappa shape index (κ1) is 20.2. The van der Waals surface area contributed by atoms with E-state index in [0.717, 1.165) is 0 Å². The van der Waals surface area contributed by atoms with E-state index in [0.29, 0.717) is 5.52 Å². The number of H-pyrrole nitrogens is 1. The summed E-state index contributed by atoms with van der Waals surface area (Å²) < 4.78 is 32.7. The van der Waals surface area contributed by atoms with Gasteiger partial charge in [-0.1, -0.05) is 23.2 Å². The molecule has 2 aliphatic heterocycles. The van der Waals surface area contributed by atoms with Crippen molar-refractivity contribution in [3.8, 4) is 0 Å². The molecule has 4 rings (SSSR count). The summed E-state index contributed by atoms with van der Waals surface area (Å²) >= 11 is 12.2. The van der Waals surface area contributed by atoms with Crippen molar-refractivity contribution >= 4 is 46.1 Å². The standard InChI is InChI=1S/C18H18Cl2F2N4O3/c19-13-10(21)1-2-11-12(13)14(20)15(24-11)16(27)25-3-5-26(6-4-25)17(28)29-9-18(22)7-23-8-18/h1-2,23-24H,3-9H2. The molecule has 29 heavy (non-hydrogen) atoms. The summed E-state index contributed by atoms with van der Waals surface area (Å²) in [6.07, 6.45) is -0.605. The minimum atomic E-state index is -1.50. The Labute approximate surface area is 174 Å². The fraction of sp³-hybridized carbons (Fsp3) is 0.444. The van der Waals surface area contributed by atoms with Crippen LogP contribution in [0.4, 0.5) is 13.6 Å². The van der Waals surface area contributed by atoms with Gasteiger partial charge in [-0.3, -0.25) is 4.79 Å². The molecule has 156 valence electrons. The van der Waals surface area contributed by atoms with Crippen molar-refractivity contribution in [3.05, 3.63) is 33.7 Å². The zero-order valence-electron chi connectivity index (χ0n) is 15.2. The second kappa shape index (κ2) is 7.62. The molecule has 0 unspecified atom stereocenters. The van der Waals surface area contributed by atoms with Crippen molar-refractivity contribution in [2.45, 2.75) is 5.67 Å². The number of rotatable bonds is 3. The topological polar surface area (TPSA) is 77.7 Å². The third kappa shape index (κ3) is 3.74. The van der Waals surface area contributed by atoms with Gasteiger partial charge in [0.15, 0.2) is 5.67 Å². The van der Waals surface area contributed by atoms with E-state index in [2.05, 4.69) is 10.3 Å². The largest absolute Gasteiger partial charge is 0.446 e. The van der Waals surface area contributed by atoms with E-state index in [-0.39, 0.29) is 72.9 Å². The van der Waals surface area contributed by atoms with Gasteiger partial charge in [-0.15, -0.1) is 0 Å². The lowest BCUT2D eigenvalue weighted by Gasteiger charge is -2.36. The maximum Gasteiger partial charge on any atom is 0.409 e. The number of aromatic amines is 1. The van der Waals surface area contributed by atoms with Gasteiger partial charge >= 0.3 is 6.09 Å². The van der Waals surface area contributed by atoms with Crippen LogP contribution in [0.5, 0.6) is 0 Å². The summed E-state index contributed by atoms with van der Waals surface area (Å²) in [5.41, 5.74) is -0.930. The highest BCUT2D eigenvalue weighted by Gasteiger charge is 2.39. The molecule has 0 saturated carbocycles. The maximum atomic E-state index is 13.9. The molecule has 0 atom stereocenters. The van der Waals surface area contributed by atoms with Gasteiger partial charge < -0.3 is 24.8 Å². The molecule has 11 heteroatoms. The minimum absolute atomic E-state index is 0.0543. The molecular weight excluding hydrogens is 429 g/mol. The predicted octanol–water partition coefficient (Wildman–Crippen LogP) is 2.82. The number of aromatic nitrogens is 1. The molecule has 1 aromatic heterocycles. The molecule has 2 amide bonds. The first-order valence-electron chi connectivity index (χ1n) is 9.05. The van der Waals surface area contributed by atoms with Crippen LogP contribution in [0.1, 0.15) is 10.5 Å². The molecule has 0 radical (unpaired) electrons. The summed E-state index contributed by atoms with van der Waals surface area (Å²) in [6, 6.07) is 2.65. The molecule has 2 aromatic rings. The van der Waals surface area contributed by atoms with Crippen LogP contribution in [-0.2, 0) is 4.74 Å². The van der Waals surface area contributed by atoms with Crippen LogP contribution < -0.4 is 5.32 Å². The molecule has 0 aliphatic carbocycles. The molecule has 3 heterocycles. The van der Waals surface area contributed by atoms with Gasteiger partial charge in [0.05, 0.1) is 10.0 Å². The first-order chi connectivity index (χ1) is 13.8. The number of nitrogens with zero attached hydrogens (tertiary/aromatic N) is 2. The summed E-state index contributed by atoms with van der Waals surface area (Å²) in [5, 5.41) is 2.95. The number of nitrogens with one attached hydrogen (secondary N) is 2. The van der Waals surface area contributed by atoms with Gasteiger partial charge in [0, 0.05) is 50.2 Å². The van der Waals surface area contributed by atoms with Crippen molar-refractivity contribution in [2.75, 3.05) is 45.9 Å². The van der Waals surface area contributed by atoms with Gasteiger partial charge in [-0.25, -0.2) is 13.6 Å². The smallest absolute Gasteiger partial charge is 0.409 e. The van der Waals surface area contributed by atoms with Gasteiger partial charge in [-0.05, 0) is 12.1 Å². The number of amides is 2. The van der Waals surface area contributed by atoms with Crippen LogP contribution in [0.3, 0.4) is 0 Å². The zero-order valence-corrected chi connectivity index (χ0v) is 16.7. The molecule has 2 fully saturated rings. The fourth-order valence-corrected chi connectivity index (χ4v) is 3.99. The summed E-state index contributed by atoms with van der Waals surface area (Å²) in [6.45, 7) is 1.04. The second-order valence-electron chi connectivity index (χ2n) is 7.19. The average Bonchev–Trinajstić information content (AvgIpc) is 3.04. The highest BCUT2D eigenvalue weighted by molar-refractivity contribution is 6.44. The molecule has 7 nitrogen and oxygen atoms in total. The summed E-state index contributed by atoms with van der Waals surface area (Å²) in [4.78, 5) is 30.8. The van der Waals surface area contributed by atoms with Gasteiger partial charge in [0.25, 0.3) is 5.91 Å². The van der Waals surface area contributed by atoms with Crippen LogP contribution in [0.15, 0.2) is 12.1 Å². The van der Waals surface area contributed by atoms with Gasteiger partial charge in [-0.2, -0.15) is 0 Å². The molecule has 0 bridgehead atoms. The Balaban J connectivity index is 1.39. The number of alkyl halides is 1. The van der Waals surface area contributed by atoms with E-state index in [1.807, 2.05) is 0 Å². The van der Waals surface area contributed by atoms with Crippen molar-refractivity contribution in [3.63, 3.8) is 0 Å². The molecule has 0 spiro atoms. The number of ether oxygens (including phenoxy) is 1. The number of carbonyl (C=O) groups is 2. The molecule has 2 N–H and O–H groups in total.